The van der Waals surface area contributed by atoms with Crippen molar-refractivity contribution in [2.75, 3.05) is 23.4 Å². The van der Waals surface area contributed by atoms with Gasteiger partial charge in [-0.15, -0.1) is 11.7 Å². The molecule has 110 valence electrons. The maximum Gasteiger partial charge on any atom is 0.339 e. The summed E-state index contributed by atoms with van der Waals surface area (Å²) >= 11 is 1.73. The Balaban J connectivity index is 2.89. The van der Waals surface area contributed by atoms with E-state index in [0.717, 1.165) is 22.8 Å². The molecule has 0 aliphatic heterocycles. The van der Waals surface area contributed by atoms with Crippen LogP contribution in [-0.2, 0) is 12.8 Å². The largest absolute Gasteiger partial charge is 0.478 e. The summed E-state index contributed by atoms with van der Waals surface area (Å²) in [6.45, 7) is 8.20. The summed E-state index contributed by atoms with van der Waals surface area (Å²) in [5.41, 5.74) is 1.79. The topological polar surface area (TPSA) is 75.1 Å². The molecule has 0 aromatic carbocycles. The number of carbonyl (C=O) groups is 1. The summed E-state index contributed by atoms with van der Waals surface area (Å²) in [5, 5.41) is 20.6. The van der Waals surface area contributed by atoms with Crippen LogP contribution in [0.2, 0.25) is 0 Å². The molecule has 0 amide bonds. The molecule has 1 aromatic heterocycles. The van der Waals surface area contributed by atoms with Crippen LogP contribution in [0.5, 0.6) is 0 Å². The molecule has 0 fully saturated rings. The quantitative estimate of drug-likeness (QED) is 0.539. The lowest BCUT2D eigenvalue weighted by Crippen LogP contribution is -2.16. The van der Waals surface area contributed by atoms with Gasteiger partial charge in [0.05, 0.1) is 5.69 Å². The van der Waals surface area contributed by atoms with E-state index in [2.05, 4.69) is 22.1 Å². The first-order valence-corrected chi connectivity index (χ1v) is 7.85. The van der Waals surface area contributed by atoms with Gasteiger partial charge in [0.25, 0.3) is 0 Å². The monoisotopic (exact) mass is 295 g/mol. The molecular weight excluding hydrogens is 274 g/mol. The third-order valence-corrected chi connectivity index (χ3v) is 3.80. The van der Waals surface area contributed by atoms with Crippen LogP contribution in [0.15, 0.2) is 12.7 Å². The number of nitrogens with zero attached hydrogens (tertiary/aromatic N) is 2. The molecule has 0 aliphatic rings. The molecule has 1 heterocycles. The highest BCUT2D eigenvalue weighted by Crippen LogP contribution is 2.21. The summed E-state index contributed by atoms with van der Waals surface area (Å²) in [6, 6.07) is 0. The van der Waals surface area contributed by atoms with Crippen molar-refractivity contribution in [1.29, 1.82) is 0 Å². The standard InChI is InChI=1S/C14H21N3O2S/c1-4-8-20-9-7-15-13-12(14(18)19)10(5-2)11(6-3)16-17-13/h4H,1,5-9H2,2-3H3,(H,15,17)(H,18,19). The smallest absolute Gasteiger partial charge is 0.339 e. The van der Waals surface area contributed by atoms with Gasteiger partial charge >= 0.3 is 5.97 Å². The number of aromatic nitrogens is 2. The number of carboxylic acids is 1. The van der Waals surface area contributed by atoms with Crippen molar-refractivity contribution in [3.05, 3.63) is 29.5 Å². The minimum atomic E-state index is -0.951. The lowest BCUT2D eigenvalue weighted by molar-refractivity contribution is 0.0696. The predicted molar refractivity (Wildman–Crippen MR) is 83.8 cm³/mol. The molecule has 0 atom stereocenters. The lowest BCUT2D eigenvalue weighted by atomic mass is 10.0. The van der Waals surface area contributed by atoms with Crippen molar-refractivity contribution < 1.29 is 9.90 Å². The van der Waals surface area contributed by atoms with Gasteiger partial charge in [0.15, 0.2) is 5.82 Å². The molecule has 6 heteroatoms. The Morgan fingerprint density at radius 3 is 2.70 bits per heavy atom. The number of anilines is 1. The van der Waals surface area contributed by atoms with Gasteiger partial charge < -0.3 is 10.4 Å². The van der Waals surface area contributed by atoms with Gasteiger partial charge in [-0.05, 0) is 18.4 Å². The Hall–Kier alpha value is -1.56. The van der Waals surface area contributed by atoms with Crippen molar-refractivity contribution in [3.63, 3.8) is 0 Å². The molecule has 0 unspecified atom stereocenters. The Bertz CT molecular complexity index is 478. The molecule has 0 aliphatic carbocycles. The van der Waals surface area contributed by atoms with Crippen molar-refractivity contribution >= 4 is 23.5 Å². The molecule has 20 heavy (non-hydrogen) atoms. The second-order valence-corrected chi connectivity index (χ2v) is 5.30. The minimum Gasteiger partial charge on any atom is -0.478 e. The third-order valence-electron chi connectivity index (χ3n) is 2.83. The summed E-state index contributed by atoms with van der Waals surface area (Å²) < 4.78 is 0. The Morgan fingerprint density at radius 2 is 2.15 bits per heavy atom. The van der Waals surface area contributed by atoms with Gasteiger partial charge in [0.2, 0.25) is 0 Å². The van der Waals surface area contributed by atoms with Crippen LogP contribution >= 0.6 is 11.8 Å². The van der Waals surface area contributed by atoms with Crippen molar-refractivity contribution in [3.8, 4) is 0 Å². The normalized spacial score (nSPS) is 10.3. The van der Waals surface area contributed by atoms with E-state index in [1.165, 1.54) is 0 Å². The number of carboxylic acid groups (broad SMARTS) is 1. The highest BCUT2D eigenvalue weighted by molar-refractivity contribution is 7.99. The van der Waals surface area contributed by atoms with Gasteiger partial charge in [-0.1, -0.05) is 19.9 Å². The van der Waals surface area contributed by atoms with Gasteiger partial charge in [-0.25, -0.2) is 4.79 Å². The van der Waals surface area contributed by atoms with Crippen LogP contribution < -0.4 is 5.32 Å². The Labute approximate surface area is 123 Å². The minimum absolute atomic E-state index is 0.257. The average molecular weight is 295 g/mol. The van der Waals surface area contributed by atoms with Gasteiger partial charge in [-0.2, -0.15) is 16.9 Å². The van der Waals surface area contributed by atoms with E-state index >= 15 is 0 Å². The van der Waals surface area contributed by atoms with E-state index in [9.17, 15) is 9.90 Å². The van der Waals surface area contributed by atoms with Crippen LogP contribution in [0.1, 0.15) is 35.5 Å². The fourth-order valence-electron chi connectivity index (χ4n) is 1.94. The SMILES string of the molecule is C=CCSCCNc1nnc(CC)c(CC)c1C(=O)O. The zero-order valence-corrected chi connectivity index (χ0v) is 12.8. The number of hydrogen-bond acceptors (Lipinski definition) is 5. The average Bonchev–Trinajstić information content (AvgIpc) is 2.45. The van der Waals surface area contributed by atoms with Gasteiger partial charge in [0, 0.05) is 18.1 Å². The highest BCUT2D eigenvalue weighted by Gasteiger charge is 2.19. The van der Waals surface area contributed by atoms with E-state index in [4.69, 9.17) is 0 Å². The maximum atomic E-state index is 11.5. The first kappa shape index (κ1) is 16.5. The molecule has 0 spiro atoms. The van der Waals surface area contributed by atoms with Crippen molar-refractivity contribution in [2.24, 2.45) is 0 Å². The fraction of sp³-hybridized carbons (Fsp3) is 0.500. The fourth-order valence-corrected chi connectivity index (χ4v) is 2.51. The number of aryl methyl sites for hydroxylation is 1. The zero-order valence-electron chi connectivity index (χ0n) is 12.0. The van der Waals surface area contributed by atoms with Gasteiger partial charge in [-0.3, -0.25) is 0 Å². The number of hydrogen-bond donors (Lipinski definition) is 2. The third kappa shape index (κ3) is 4.23. The Morgan fingerprint density at radius 1 is 1.40 bits per heavy atom. The van der Waals surface area contributed by atoms with E-state index in [0.29, 0.717) is 25.2 Å². The van der Waals surface area contributed by atoms with Crippen LogP contribution in [0, 0.1) is 0 Å². The second kappa shape index (κ2) is 8.58. The Kier molecular flexibility index (Phi) is 7.08. The molecule has 1 aromatic rings. The van der Waals surface area contributed by atoms with E-state index in [1.54, 1.807) is 11.8 Å². The number of rotatable bonds is 9. The molecule has 0 bridgehead atoms. The lowest BCUT2D eigenvalue weighted by Gasteiger charge is -2.13. The number of aromatic carboxylic acids is 1. The van der Waals surface area contributed by atoms with Crippen LogP contribution in [-0.4, -0.2) is 39.3 Å². The molecular formula is C14H21N3O2S. The molecule has 1 rings (SSSR count). The maximum absolute atomic E-state index is 11.5. The van der Waals surface area contributed by atoms with E-state index in [-0.39, 0.29) is 5.56 Å². The molecule has 0 saturated carbocycles. The summed E-state index contributed by atoms with van der Waals surface area (Å²) in [4.78, 5) is 11.5. The molecule has 5 nitrogen and oxygen atoms in total. The van der Waals surface area contributed by atoms with Crippen LogP contribution in [0.25, 0.3) is 0 Å². The van der Waals surface area contributed by atoms with Crippen LogP contribution in [0.3, 0.4) is 0 Å². The summed E-state index contributed by atoms with van der Waals surface area (Å²) in [5.74, 6) is 1.16. The van der Waals surface area contributed by atoms with E-state index < -0.39 is 5.97 Å². The van der Waals surface area contributed by atoms with Gasteiger partial charge in [0.1, 0.15) is 5.56 Å². The highest BCUT2D eigenvalue weighted by atomic mass is 32.2. The summed E-state index contributed by atoms with van der Waals surface area (Å²) in [7, 11) is 0. The zero-order chi connectivity index (χ0) is 15.0. The molecule has 0 saturated heterocycles. The molecule has 2 N–H and O–H groups in total. The second-order valence-electron chi connectivity index (χ2n) is 4.15. The summed E-state index contributed by atoms with van der Waals surface area (Å²) in [6.07, 6.45) is 3.17. The van der Waals surface area contributed by atoms with Crippen molar-refractivity contribution in [1.82, 2.24) is 10.2 Å². The molecule has 0 radical (unpaired) electrons. The van der Waals surface area contributed by atoms with E-state index in [1.807, 2.05) is 19.9 Å². The predicted octanol–water partition coefficient (Wildman–Crippen LogP) is 2.63. The van der Waals surface area contributed by atoms with Crippen LogP contribution in [0.4, 0.5) is 5.82 Å². The first-order valence-electron chi connectivity index (χ1n) is 6.69. The number of nitrogens with one attached hydrogen (secondary N) is 1. The first-order chi connectivity index (χ1) is 9.65. The van der Waals surface area contributed by atoms with Crippen molar-refractivity contribution in [2.45, 2.75) is 26.7 Å². The number of thioether (sulfide) groups is 1.